The summed E-state index contributed by atoms with van der Waals surface area (Å²) in [4.78, 5) is 23.7. The van der Waals surface area contributed by atoms with E-state index in [4.69, 9.17) is 26.2 Å². The van der Waals surface area contributed by atoms with Crippen LogP contribution in [-0.4, -0.2) is 41.9 Å². The van der Waals surface area contributed by atoms with Crippen molar-refractivity contribution in [2.24, 2.45) is 5.10 Å². The van der Waals surface area contributed by atoms with Crippen LogP contribution in [0.2, 0.25) is 5.02 Å². The van der Waals surface area contributed by atoms with E-state index >= 15 is 0 Å². The van der Waals surface area contributed by atoms with Crippen LogP contribution in [0, 0.1) is 0 Å². The number of hydrogen-bond donors (Lipinski definition) is 1. The molecule has 8 heteroatoms. The summed E-state index contributed by atoms with van der Waals surface area (Å²) in [6.07, 6.45) is -0.00765. The number of aliphatic carboxylic acids is 1. The van der Waals surface area contributed by atoms with E-state index in [9.17, 15) is 9.59 Å². The number of carbonyl (C=O) groups is 2. The Morgan fingerprint density at radius 1 is 1.17 bits per heavy atom. The first kappa shape index (κ1) is 20.7. The Balaban J connectivity index is 2.01. The van der Waals surface area contributed by atoms with Gasteiger partial charge in [-0.15, -0.1) is 0 Å². The molecule has 0 spiro atoms. The zero-order valence-corrected chi connectivity index (χ0v) is 16.8. The molecule has 29 heavy (non-hydrogen) atoms. The van der Waals surface area contributed by atoms with Crippen LogP contribution in [0.15, 0.2) is 47.6 Å². The average Bonchev–Trinajstić information content (AvgIpc) is 3.16. The molecule has 0 saturated carbocycles. The number of halogens is 1. The average molecular weight is 417 g/mol. The van der Waals surface area contributed by atoms with E-state index in [1.807, 2.05) is 18.2 Å². The molecule has 1 amide bonds. The van der Waals surface area contributed by atoms with Crippen LogP contribution in [0.4, 0.5) is 0 Å². The second-order valence-corrected chi connectivity index (χ2v) is 6.89. The first-order chi connectivity index (χ1) is 13.9. The van der Waals surface area contributed by atoms with Crippen molar-refractivity contribution in [3.8, 4) is 11.5 Å². The molecule has 3 rings (SSSR count). The number of ether oxygens (including phenoxy) is 2. The molecule has 1 unspecified atom stereocenters. The molecule has 0 saturated heterocycles. The van der Waals surface area contributed by atoms with Gasteiger partial charge in [-0.1, -0.05) is 29.8 Å². The van der Waals surface area contributed by atoms with Crippen molar-refractivity contribution in [2.75, 3.05) is 14.2 Å². The molecule has 2 aromatic rings. The number of nitrogens with zero attached hydrogens (tertiary/aromatic N) is 2. The standard InChI is InChI=1S/C21H21ClN2O5/c1-28-13-7-8-19(29-2)15(11-13)17-12-18(14-5-3-4-6-16(14)22)24(23-17)20(25)9-10-21(26)27/h3-8,11,18H,9-10,12H2,1-2H3,(H,26,27). The number of benzene rings is 2. The summed E-state index contributed by atoms with van der Waals surface area (Å²) in [5, 5.41) is 15.3. The summed E-state index contributed by atoms with van der Waals surface area (Å²) in [5.74, 6) is -0.185. The Morgan fingerprint density at radius 2 is 1.93 bits per heavy atom. The summed E-state index contributed by atoms with van der Waals surface area (Å²) in [7, 11) is 3.12. The van der Waals surface area contributed by atoms with E-state index < -0.39 is 12.0 Å². The Morgan fingerprint density at radius 3 is 2.59 bits per heavy atom. The van der Waals surface area contributed by atoms with Gasteiger partial charge in [-0.05, 0) is 29.8 Å². The molecular formula is C21H21ClN2O5. The third-order valence-electron chi connectivity index (χ3n) is 4.70. The molecule has 0 fully saturated rings. The summed E-state index contributed by atoms with van der Waals surface area (Å²) in [5.41, 5.74) is 2.09. The molecule has 0 bridgehead atoms. The van der Waals surface area contributed by atoms with Crippen LogP contribution in [0.25, 0.3) is 0 Å². The maximum Gasteiger partial charge on any atom is 0.303 e. The lowest BCUT2D eigenvalue weighted by atomic mass is 9.97. The van der Waals surface area contributed by atoms with Crippen molar-refractivity contribution < 1.29 is 24.2 Å². The number of hydrazone groups is 1. The zero-order valence-electron chi connectivity index (χ0n) is 16.1. The molecule has 1 aliphatic heterocycles. The minimum Gasteiger partial charge on any atom is -0.497 e. The number of carbonyl (C=O) groups excluding carboxylic acids is 1. The van der Waals surface area contributed by atoms with Crippen molar-refractivity contribution in [1.29, 1.82) is 0 Å². The minimum absolute atomic E-state index is 0.150. The van der Waals surface area contributed by atoms with Gasteiger partial charge in [-0.25, -0.2) is 5.01 Å². The van der Waals surface area contributed by atoms with E-state index in [-0.39, 0.29) is 18.7 Å². The van der Waals surface area contributed by atoms with Crippen molar-refractivity contribution in [1.82, 2.24) is 5.01 Å². The fourth-order valence-corrected chi connectivity index (χ4v) is 3.52. The van der Waals surface area contributed by atoms with Gasteiger partial charge in [0.15, 0.2) is 0 Å². The summed E-state index contributed by atoms with van der Waals surface area (Å²) in [6.45, 7) is 0. The highest BCUT2D eigenvalue weighted by Gasteiger charge is 2.35. The number of hydrogen-bond acceptors (Lipinski definition) is 5. The highest BCUT2D eigenvalue weighted by atomic mass is 35.5. The van der Waals surface area contributed by atoms with Crippen molar-refractivity contribution in [3.63, 3.8) is 0 Å². The first-order valence-corrected chi connectivity index (χ1v) is 9.40. The van der Waals surface area contributed by atoms with Gasteiger partial charge in [0.05, 0.1) is 32.4 Å². The molecule has 0 aromatic heterocycles. The number of carboxylic acid groups (broad SMARTS) is 1. The maximum absolute atomic E-state index is 12.8. The van der Waals surface area contributed by atoms with Crippen LogP contribution in [0.1, 0.15) is 36.4 Å². The normalized spacial score (nSPS) is 15.8. The van der Waals surface area contributed by atoms with Gasteiger partial charge in [-0.3, -0.25) is 9.59 Å². The topological polar surface area (TPSA) is 88.4 Å². The number of carboxylic acids is 1. The number of methoxy groups -OCH3 is 2. The van der Waals surface area contributed by atoms with Crippen molar-refractivity contribution in [3.05, 3.63) is 58.6 Å². The number of rotatable bonds is 7. The minimum atomic E-state index is -1.04. The summed E-state index contributed by atoms with van der Waals surface area (Å²) in [6, 6.07) is 12.2. The molecule has 0 aliphatic carbocycles. The van der Waals surface area contributed by atoms with E-state index in [1.165, 1.54) is 5.01 Å². The third-order valence-corrected chi connectivity index (χ3v) is 5.04. The maximum atomic E-state index is 12.8. The molecule has 1 N–H and O–H groups in total. The molecule has 152 valence electrons. The highest BCUT2D eigenvalue weighted by Crippen LogP contribution is 2.38. The van der Waals surface area contributed by atoms with Gasteiger partial charge in [0, 0.05) is 23.4 Å². The Bertz CT molecular complexity index is 960. The lowest BCUT2D eigenvalue weighted by Crippen LogP contribution is -2.27. The number of amides is 1. The predicted molar refractivity (Wildman–Crippen MR) is 109 cm³/mol. The first-order valence-electron chi connectivity index (χ1n) is 9.02. The zero-order chi connectivity index (χ0) is 21.0. The Labute approximate surface area is 173 Å². The fourth-order valence-electron chi connectivity index (χ4n) is 3.26. The highest BCUT2D eigenvalue weighted by molar-refractivity contribution is 6.31. The summed E-state index contributed by atoms with van der Waals surface area (Å²) < 4.78 is 10.8. The third kappa shape index (κ3) is 4.51. The molecule has 1 heterocycles. The Kier molecular flexibility index (Phi) is 6.39. The molecule has 2 aromatic carbocycles. The molecular weight excluding hydrogens is 396 g/mol. The quantitative estimate of drug-likeness (QED) is 0.739. The van der Waals surface area contributed by atoms with Crippen LogP contribution in [0.3, 0.4) is 0 Å². The van der Waals surface area contributed by atoms with Gasteiger partial charge in [0.1, 0.15) is 11.5 Å². The van der Waals surface area contributed by atoms with Crippen LogP contribution >= 0.6 is 11.6 Å². The van der Waals surface area contributed by atoms with Crippen molar-refractivity contribution >= 4 is 29.2 Å². The smallest absolute Gasteiger partial charge is 0.303 e. The lowest BCUT2D eigenvalue weighted by molar-refractivity contribution is -0.141. The van der Waals surface area contributed by atoms with Crippen LogP contribution in [-0.2, 0) is 9.59 Å². The van der Waals surface area contributed by atoms with Gasteiger partial charge >= 0.3 is 5.97 Å². The largest absolute Gasteiger partial charge is 0.497 e. The predicted octanol–water partition coefficient (Wildman–Crippen LogP) is 3.90. The van der Waals surface area contributed by atoms with Crippen LogP contribution < -0.4 is 9.47 Å². The molecule has 1 aliphatic rings. The molecule has 0 radical (unpaired) electrons. The van der Waals surface area contributed by atoms with Gasteiger partial charge in [-0.2, -0.15) is 5.10 Å². The van der Waals surface area contributed by atoms with E-state index in [1.54, 1.807) is 38.5 Å². The van der Waals surface area contributed by atoms with E-state index in [0.29, 0.717) is 34.2 Å². The lowest BCUT2D eigenvalue weighted by Gasteiger charge is -2.22. The monoisotopic (exact) mass is 416 g/mol. The van der Waals surface area contributed by atoms with E-state index in [0.717, 1.165) is 5.56 Å². The molecule has 7 nitrogen and oxygen atoms in total. The van der Waals surface area contributed by atoms with Gasteiger partial charge < -0.3 is 14.6 Å². The summed E-state index contributed by atoms with van der Waals surface area (Å²) >= 11 is 6.37. The van der Waals surface area contributed by atoms with Gasteiger partial charge in [0.2, 0.25) is 5.91 Å². The van der Waals surface area contributed by atoms with E-state index in [2.05, 4.69) is 5.10 Å². The van der Waals surface area contributed by atoms with Crippen molar-refractivity contribution in [2.45, 2.75) is 25.3 Å². The Hall–Kier alpha value is -3.06. The van der Waals surface area contributed by atoms with Gasteiger partial charge in [0.25, 0.3) is 0 Å². The van der Waals surface area contributed by atoms with Crippen LogP contribution in [0.5, 0.6) is 11.5 Å². The SMILES string of the molecule is COc1ccc(OC)c(C2=NN(C(=O)CCC(=O)O)C(c3ccccc3Cl)C2)c1. The second-order valence-electron chi connectivity index (χ2n) is 6.49. The fraction of sp³-hybridized carbons (Fsp3) is 0.286. The molecule has 1 atom stereocenters. The second kappa shape index (κ2) is 8.96.